The minimum atomic E-state index is -0.428. The molecule has 1 saturated carbocycles. The lowest BCUT2D eigenvalue weighted by atomic mass is 9.99. The smallest absolute Gasteiger partial charge is 0.0771 e. The molecule has 3 rings (SSSR count). The van der Waals surface area contributed by atoms with Crippen LogP contribution in [-0.2, 0) is 0 Å². The molecule has 4 heteroatoms. The van der Waals surface area contributed by atoms with Crippen molar-refractivity contribution in [2.24, 2.45) is 0 Å². The molecule has 4 nitrogen and oxygen atoms in total. The number of hydrogen-bond acceptors (Lipinski definition) is 4. The summed E-state index contributed by atoms with van der Waals surface area (Å²) in [6.07, 6.45) is 10.3. The monoisotopic (exact) mass is 275 g/mol. The van der Waals surface area contributed by atoms with Crippen LogP contribution in [0.3, 0.4) is 0 Å². The number of nitrogens with zero attached hydrogens (tertiary/aromatic N) is 2. The molecule has 0 amide bonds. The Morgan fingerprint density at radius 2 is 1.85 bits per heavy atom. The predicted molar refractivity (Wildman–Crippen MR) is 80.9 cm³/mol. The molecule has 0 bridgehead atoms. The fraction of sp³-hybridized carbons (Fsp3) is 0.688. The Kier molecular flexibility index (Phi) is 4.22. The first-order valence-electron chi connectivity index (χ1n) is 7.86. The summed E-state index contributed by atoms with van der Waals surface area (Å²) in [4.78, 5) is 6.49. The Hall–Kier alpha value is -1.13. The van der Waals surface area contributed by atoms with Gasteiger partial charge in [0, 0.05) is 43.8 Å². The van der Waals surface area contributed by atoms with Gasteiger partial charge >= 0.3 is 0 Å². The van der Waals surface area contributed by atoms with E-state index in [1.54, 1.807) is 0 Å². The fourth-order valence-electron chi connectivity index (χ4n) is 3.44. The maximum absolute atomic E-state index is 10.4. The van der Waals surface area contributed by atoms with E-state index in [1.165, 1.54) is 18.5 Å². The summed E-state index contributed by atoms with van der Waals surface area (Å²) in [5.74, 6) is 0. The van der Waals surface area contributed by atoms with E-state index in [0.29, 0.717) is 6.04 Å². The van der Waals surface area contributed by atoms with Gasteiger partial charge in [-0.2, -0.15) is 0 Å². The Morgan fingerprint density at radius 1 is 1.20 bits per heavy atom. The van der Waals surface area contributed by atoms with E-state index < -0.39 is 5.60 Å². The van der Waals surface area contributed by atoms with Crippen LogP contribution in [0.15, 0.2) is 24.5 Å². The van der Waals surface area contributed by atoms with Crippen molar-refractivity contribution in [2.75, 3.05) is 24.5 Å². The Morgan fingerprint density at radius 3 is 2.50 bits per heavy atom. The van der Waals surface area contributed by atoms with Crippen LogP contribution in [-0.4, -0.2) is 41.4 Å². The summed E-state index contributed by atoms with van der Waals surface area (Å²) < 4.78 is 0. The van der Waals surface area contributed by atoms with Crippen LogP contribution in [0.5, 0.6) is 0 Å². The fourth-order valence-corrected chi connectivity index (χ4v) is 3.44. The van der Waals surface area contributed by atoms with Gasteiger partial charge in [0.05, 0.1) is 5.60 Å². The highest BCUT2D eigenvalue weighted by Crippen LogP contribution is 2.29. The molecule has 110 valence electrons. The first kappa shape index (κ1) is 13.8. The summed E-state index contributed by atoms with van der Waals surface area (Å²) in [5.41, 5.74) is 0.843. The van der Waals surface area contributed by atoms with Crippen molar-refractivity contribution < 1.29 is 5.11 Å². The molecular weight excluding hydrogens is 250 g/mol. The lowest BCUT2D eigenvalue weighted by molar-refractivity contribution is 0.0439. The Bertz CT molecular complexity index is 409. The average molecular weight is 275 g/mol. The van der Waals surface area contributed by atoms with E-state index in [2.05, 4.69) is 27.3 Å². The molecule has 2 fully saturated rings. The highest BCUT2D eigenvalue weighted by atomic mass is 16.3. The second-order valence-corrected chi connectivity index (χ2v) is 6.28. The second-order valence-electron chi connectivity index (χ2n) is 6.28. The van der Waals surface area contributed by atoms with Gasteiger partial charge in [0.25, 0.3) is 0 Å². The molecule has 0 unspecified atom stereocenters. The summed E-state index contributed by atoms with van der Waals surface area (Å²) in [7, 11) is 0. The van der Waals surface area contributed by atoms with Gasteiger partial charge in [0.1, 0.15) is 0 Å². The minimum absolute atomic E-state index is 0.428. The lowest BCUT2D eigenvalue weighted by Crippen LogP contribution is -2.47. The van der Waals surface area contributed by atoms with Gasteiger partial charge in [0.15, 0.2) is 0 Å². The number of pyridine rings is 1. The van der Waals surface area contributed by atoms with Crippen LogP contribution >= 0.6 is 0 Å². The lowest BCUT2D eigenvalue weighted by Gasteiger charge is -2.35. The Labute approximate surface area is 121 Å². The van der Waals surface area contributed by atoms with E-state index in [4.69, 9.17) is 0 Å². The molecule has 1 saturated heterocycles. The van der Waals surface area contributed by atoms with E-state index in [9.17, 15) is 5.11 Å². The van der Waals surface area contributed by atoms with Crippen molar-refractivity contribution in [1.82, 2.24) is 10.3 Å². The SMILES string of the molecule is OC1(CNC2CCN(c3ccncc3)CC2)CCCC1. The predicted octanol–water partition coefficient (Wildman–Crippen LogP) is 1.95. The molecule has 1 aliphatic heterocycles. The third-order valence-electron chi connectivity index (χ3n) is 4.78. The number of anilines is 1. The molecular formula is C16H25N3O. The number of aliphatic hydroxyl groups is 1. The van der Waals surface area contributed by atoms with E-state index in [-0.39, 0.29) is 0 Å². The highest BCUT2D eigenvalue weighted by Gasteiger charge is 2.31. The van der Waals surface area contributed by atoms with Gasteiger partial charge in [-0.3, -0.25) is 4.98 Å². The topological polar surface area (TPSA) is 48.4 Å². The van der Waals surface area contributed by atoms with Gasteiger partial charge in [0.2, 0.25) is 0 Å². The van der Waals surface area contributed by atoms with Gasteiger partial charge in [-0.15, -0.1) is 0 Å². The highest BCUT2D eigenvalue weighted by molar-refractivity contribution is 5.44. The molecule has 0 atom stereocenters. The molecule has 0 radical (unpaired) electrons. The van der Waals surface area contributed by atoms with Crippen molar-refractivity contribution in [1.29, 1.82) is 0 Å². The number of nitrogens with one attached hydrogen (secondary N) is 1. The summed E-state index contributed by atoms with van der Waals surface area (Å²) >= 11 is 0. The standard InChI is InChI=1S/C16H25N3O/c20-16(7-1-2-8-16)13-18-14-5-11-19(12-6-14)15-3-9-17-10-4-15/h3-4,9-10,14,18,20H,1-2,5-8,11-13H2. The molecule has 0 aromatic carbocycles. The van der Waals surface area contributed by atoms with E-state index in [1.807, 2.05) is 12.4 Å². The van der Waals surface area contributed by atoms with Crippen molar-refractivity contribution in [2.45, 2.75) is 50.2 Å². The van der Waals surface area contributed by atoms with Crippen molar-refractivity contribution >= 4 is 5.69 Å². The summed E-state index contributed by atoms with van der Waals surface area (Å²) in [5, 5.41) is 14.0. The van der Waals surface area contributed by atoms with Gasteiger partial charge in [-0.1, -0.05) is 12.8 Å². The average Bonchev–Trinajstić information content (AvgIpc) is 2.94. The quantitative estimate of drug-likeness (QED) is 0.882. The van der Waals surface area contributed by atoms with Gasteiger partial charge < -0.3 is 15.3 Å². The Balaban J connectivity index is 1.44. The first-order valence-corrected chi connectivity index (χ1v) is 7.86. The van der Waals surface area contributed by atoms with Gasteiger partial charge in [-0.05, 0) is 37.8 Å². The summed E-state index contributed by atoms with van der Waals surface area (Å²) in [6, 6.07) is 4.71. The maximum atomic E-state index is 10.4. The molecule has 20 heavy (non-hydrogen) atoms. The zero-order valence-electron chi connectivity index (χ0n) is 12.1. The number of rotatable bonds is 4. The third kappa shape index (κ3) is 3.30. The van der Waals surface area contributed by atoms with E-state index >= 15 is 0 Å². The normalized spacial score (nSPS) is 23.1. The molecule has 2 heterocycles. The minimum Gasteiger partial charge on any atom is -0.389 e. The van der Waals surface area contributed by atoms with Crippen molar-refractivity contribution in [3.63, 3.8) is 0 Å². The number of piperidine rings is 1. The van der Waals surface area contributed by atoms with Crippen molar-refractivity contribution in [3.8, 4) is 0 Å². The second kappa shape index (κ2) is 6.10. The number of aromatic nitrogens is 1. The molecule has 2 aliphatic rings. The number of hydrogen-bond donors (Lipinski definition) is 2. The van der Waals surface area contributed by atoms with Crippen molar-refractivity contribution in [3.05, 3.63) is 24.5 Å². The molecule has 1 aromatic heterocycles. The zero-order chi connectivity index (χ0) is 13.8. The van der Waals surface area contributed by atoms with Crippen LogP contribution in [0, 0.1) is 0 Å². The molecule has 2 N–H and O–H groups in total. The molecule has 1 aromatic rings. The largest absolute Gasteiger partial charge is 0.389 e. The van der Waals surface area contributed by atoms with Crippen LogP contribution < -0.4 is 10.2 Å². The first-order chi connectivity index (χ1) is 9.75. The third-order valence-corrected chi connectivity index (χ3v) is 4.78. The maximum Gasteiger partial charge on any atom is 0.0771 e. The zero-order valence-corrected chi connectivity index (χ0v) is 12.1. The van der Waals surface area contributed by atoms with Crippen LogP contribution in [0.2, 0.25) is 0 Å². The van der Waals surface area contributed by atoms with Crippen LogP contribution in [0.4, 0.5) is 5.69 Å². The molecule has 0 spiro atoms. The van der Waals surface area contributed by atoms with Gasteiger partial charge in [-0.25, -0.2) is 0 Å². The van der Waals surface area contributed by atoms with Crippen LogP contribution in [0.1, 0.15) is 38.5 Å². The molecule has 1 aliphatic carbocycles. The van der Waals surface area contributed by atoms with E-state index in [0.717, 1.165) is 45.3 Å². The van der Waals surface area contributed by atoms with Crippen LogP contribution in [0.25, 0.3) is 0 Å². The summed E-state index contributed by atoms with van der Waals surface area (Å²) in [6.45, 7) is 2.94.